The highest BCUT2D eigenvalue weighted by Crippen LogP contribution is 2.33. The minimum Gasteiger partial charge on any atom is -0.497 e. The van der Waals surface area contributed by atoms with Crippen molar-refractivity contribution >= 4 is 17.3 Å². The molecule has 1 N–H and O–H groups in total. The van der Waals surface area contributed by atoms with Crippen molar-refractivity contribution in [2.24, 2.45) is 5.10 Å². The summed E-state index contributed by atoms with van der Waals surface area (Å²) in [5.74, 6) is 1.30. The Bertz CT molecular complexity index is 1230. The van der Waals surface area contributed by atoms with E-state index in [9.17, 15) is 4.79 Å². The molecular weight excluding hydrogens is 422 g/mol. The minimum absolute atomic E-state index is 0.0842. The van der Waals surface area contributed by atoms with E-state index >= 15 is 0 Å². The molecule has 2 aromatic heterocycles. The number of rotatable bonds is 7. The van der Waals surface area contributed by atoms with E-state index in [4.69, 9.17) is 9.15 Å². The fraction of sp³-hybridized carbons (Fsp3) is 0.174. The molecule has 0 saturated heterocycles. The number of anilines is 1. The molecule has 0 spiro atoms. The number of hydrogen-bond donors (Lipinski definition) is 1. The second-order valence-electron chi connectivity index (χ2n) is 7.40. The Morgan fingerprint density at radius 3 is 2.64 bits per heavy atom. The lowest BCUT2D eigenvalue weighted by molar-refractivity contribution is -0.131. The highest BCUT2D eigenvalue weighted by Gasteiger charge is 2.34. The van der Waals surface area contributed by atoms with Gasteiger partial charge in [0.1, 0.15) is 23.9 Å². The molecule has 1 aliphatic rings. The van der Waals surface area contributed by atoms with E-state index in [1.807, 2.05) is 60.7 Å². The number of tetrazole rings is 1. The number of nitrogens with zero attached hydrogens (tertiary/aromatic N) is 6. The standard InChI is InChI=1S/C23H21N7O3/c1-32-19-10-4-16(5-11-19)20-13-21(22-3-2-12-33-22)30(26-20)23(31)14-24-17-6-8-18(9-7-17)29-15-25-27-28-29/h2-12,15,21,24H,13-14H2,1H3. The summed E-state index contributed by atoms with van der Waals surface area (Å²) in [7, 11) is 1.63. The molecule has 3 heterocycles. The summed E-state index contributed by atoms with van der Waals surface area (Å²) in [4.78, 5) is 13.1. The molecule has 0 bridgehead atoms. The van der Waals surface area contributed by atoms with Crippen molar-refractivity contribution in [3.63, 3.8) is 0 Å². The van der Waals surface area contributed by atoms with Gasteiger partial charge in [0.15, 0.2) is 0 Å². The maximum absolute atomic E-state index is 13.1. The van der Waals surface area contributed by atoms with Crippen molar-refractivity contribution in [3.05, 3.63) is 84.6 Å². The summed E-state index contributed by atoms with van der Waals surface area (Å²) in [6, 6.07) is 18.5. The average molecular weight is 443 g/mol. The fourth-order valence-corrected chi connectivity index (χ4v) is 3.67. The van der Waals surface area contributed by atoms with Gasteiger partial charge >= 0.3 is 0 Å². The highest BCUT2D eigenvalue weighted by molar-refractivity contribution is 6.03. The van der Waals surface area contributed by atoms with E-state index in [2.05, 4.69) is 25.9 Å². The van der Waals surface area contributed by atoms with Crippen LogP contribution in [0.15, 0.2) is 82.8 Å². The molecule has 10 heteroatoms. The molecule has 0 fully saturated rings. The number of furan rings is 1. The van der Waals surface area contributed by atoms with Crippen molar-refractivity contribution in [2.75, 3.05) is 19.0 Å². The molecule has 0 saturated carbocycles. The predicted molar refractivity (Wildman–Crippen MR) is 120 cm³/mol. The zero-order valence-electron chi connectivity index (χ0n) is 17.8. The zero-order chi connectivity index (χ0) is 22.6. The Balaban J connectivity index is 1.31. The first-order chi connectivity index (χ1) is 16.2. The van der Waals surface area contributed by atoms with E-state index in [0.29, 0.717) is 12.2 Å². The van der Waals surface area contributed by atoms with Crippen LogP contribution in [0.1, 0.15) is 23.8 Å². The maximum Gasteiger partial charge on any atom is 0.262 e. The Morgan fingerprint density at radius 2 is 1.97 bits per heavy atom. The summed E-state index contributed by atoms with van der Waals surface area (Å²) in [5.41, 5.74) is 3.38. The van der Waals surface area contributed by atoms with Crippen LogP contribution in [0.5, 0.6) is 5.75 Å². The number of amides is 1. The quantitative estimate of drug-likeness (QED) is 0.467. The summed E-state index contributed by atoms with van der Waals surface area (Å²) in [6.45, 7) is 0.0842. The van der Waals surface area contributed by atoms with Gasteiger partial charge in [0.05, 0.1) is 31.3 Å². The summed E-state index contributed by atoms with van der Waals surface area (Å²) in [6.07, 6.45) is 3.69. The molecule has 33 heavy (non-hydrogen) atoms. The smallest absolute Gasteiger partial charge is 0.262 e. The molecule has 2 aromatic carbocycles. The van der Waals surface area contributed by atoms with Gasteiger partial charge in [0.25, 0.3) is 5.91 Å². The lowest BCUT2D eigenvalue weighted by Crippen LogP contribution is -2.32. The lowest BCUT2D eigenvalue weighted by Gasteiger charge is -2.20. The second-order valence-corrected chi connectivity index (χ2v) is 7.40. The zero-order valence-corrected chi connectivity index (χ0v) is 17.8. The van der Waals surface area contributed by atoms with Crippen molar-refractivity contribution in [1.82, 2.24) is 25.2 Å². The molecule has 1 atom stereocenters. The Labute approximate surface area is 189 Å². The van der Waals surface area contributed by atoms with Crippen LogP contribution in [-0.2, 0) is 4.79 Å². The van der Waals surface area contributed by atoms with Crippen LogP contribution in [0.3, 0.4) is 0 Å². The van der Waals surface area contributed by atoms with Crippen molar-refractivity contribution < 1.29 is 13.9 Å². The van der Waals surface area contributed by atoms with Gasteiger partial charge in [-0.1, -0.05) is 0 Å². The number of ether oxygens (including phenoxy) is 1. The van der Waals surface area contributed by atoms with Crippen LogP contribution >= 0.6 is 0 Å². The molecule has 1 amide bonds. The van der Waals surface area contributed by atoms with Gasteiger partial charge in [0, 0.05) is 12.1 Å². The predicted octanol–water partition coefficient (Wildman–Crippen LogP) is 3.05. The largest absolute Gasteiger partial charge is 0.497 e. The number of hydrogen-bond acceptors (Lipinski definition) is 8. The third-order valence-electron chi connectivity index (χ3n) is 5.39. The van der Waals surface area contributed by atoms with Crippen LogP contribution in [0.2, 0.25) is 0 Å². The molecular formula is C23H21N7O3. The number of benzene rings is 2. The first kappa shape index (κ1) is 20.4. The molecule has 5 rings (SSSR count). The Hall–Kier alpha value is -4.47. The van der Waals surface area contributed by atoms with Gasteiger partial charge < -0.3 is 14.5 Å². The Morgan fingerprint density at radius 1 is 1.15 bits per heavy atom. The van der Waals surface area contributed by atoms with Gasteiger partial charge in [-0.15, -0.1) is 5.10 Å². The molecule has 0 aliphatic carbocycles. The van der Waals surface area contributed by atoms with Crippen LogP contribution in [-0.4, -0.2) is 50.5 Å². The molecule has 1 aliphatic heterocycles. The van der Waals surface area contributed by atoms with Crippen molar-refractivity contribution in [3.8, 4) is 11.4 Å². The number of nitrogens with one attached hydrogen (secondary N) is 1. The van der Waals surface area contributed by atoms with E-state index in [1.165, 1.54) is 11.3 Å². The first-order valence-electron chi connectivity index (χ1n) is 10.4. The second kappa shape index (κ2) is 8.95. The highest BCUT2D eigenvalue weighted by atomic mass is 16.5. The number of hydrazone groups is 1. The lowest BCUT2D eigenvalue weighted by atomic mass is 10.0. The van der Waals surface area contributed by atoms with Gasteiger partial charge in [-0.25, -0.2) is 9.69 Å². The SMILES string of the molecule is COc1ccc(C2=NN(C(=O)CNc3ccc(-n4cnnn4)cc3)C(c3ccco3)C2)cc1. The van der Waals surface area contributed by atoms with Crippen molar-refractivity contribution in [2.45, 2.75) is 12.5 Å². The van der Waals surface area contributed by atoms with Gasteiger partial charge in [0.2, 0.25) is 0 Å². The number of carbonyl (C=O) groups excluding carboxylic acids is 1. The van der Waals surface area contributed by atoms with E-state index in [1.54, 1.807) is 18.1 Å². The number of carbonyl (C=O) groups is 1. The van der Waals surface area contributed by atoms with Crippen LogP contribution < -0.4 is 10.1 Å². The number of aromatic nitrogens is 4. The van der Waals surface area contributed by atoms with Crippen molar-refractivity contribution in [1.29, 1.82) is 0 Å². The first-order valence-corrected chi connectivity index (χ1v) is 10.4. The Kier molecular flexibility index (Phi) is 5.54. The van der Waals surface area contributed by atoms with Crippen LogP contribution in [0, 0.1) is 0 Å². The van der Waals surface area contributed by atoms with E-state index < -0.39 is 0 Å². The number of methoxy groups -OCH3 is 1. The minimum atomic E-state index is -0.298. The molecule has 166 valence electrons. The summed E-state index contributed by atoms with van der Waals surface area (Å²) >= 11 is 0. The van der Waals surface area contributed by atoms with Crippen LogP contribution in [0.4, 0.5) is 5.69 Å². The van der Waals surface area contributed by atoms with Gasteiger partial charge in [-0.05, 0) is 76.7 Å². The maximum atomic E-state index is 13.1. The third kappa shape index (κ3) is 4.31. The normalized spacial score (nSPS) is 15.4. The van der Waals surface area contributed by atoms with E-state index in [-0.39, 0.29) is 18.5 Å². The molecule has 4 aromatic rings. The molecule has 10 nitrogen and oxygen atoms in total. The monoisotopic (exact) mass is 443 g/mol. The topological polar surface area (TPSA) is 111 Å². The van der Waals surface area contributed by atoms with Crippen LogP contribution in [0.25, 0.3) is 5.69 Å². The summed E-state index contributed by atoms with van der Waals surface area (Å²) < 4.78 is 12.4. The average Bonchev–Trinajstić information content (AvgIpc) is 3.64. The molecule has 1 unspecified atom stereocenters. The van der Waals surface area contributed by atoms with Gasteiger partial charge in [-0.2, -0.15) is 5.10 Å². The van der Waals surface area contributed by atoms with E-state index in [0.717, 1.165) is 28.4 Å². The fourth-order valence-electron chi connectivity index (χ4n) is 3.67. The third-order valence-corrected chi connectivity index (χ3v) is 5.39. The molecule has 0 radical (unpaired) electrons. The summed E-state index contributed by atoms with van der Waals surface area (Å²) in [5, 5.41) is 20.4. The van der Waals surface area contributed by atoms with Gasteiger partial charge in [-0.3, -0.25) is 4.79 Å².